The molecule has 0 spiro atoms. The molecule has 0 aliphatic heterocycles. The summed E-state index contributed by atoms with van der Waals surface area (Å²) in [5.41, 5.74) is 0.398. The monoisotopic (exact) mass is 232 g/mol. The van der Waals surface area contributed by atoms with Crippen molar-refractivity contribution in [1.82, 2.24) is 0 Å². The summed E-state index contributed by atoms with van der Waals surface area (Å²) in [6, 6.07) is 14.5. The lowest BCUT2D eigenvalue weighted by molar-refractivity contribution is -0.0546. The molecule has 0 fully saturated rings. The maximum absolute atomic E-state index is 14.3. The summed E-state index contributed by atoms with van der Waals surface area (Å²) in [7, 11) is 1.54. The Kier molecular flexibility index (Phi) is 3.11. The van der Waals surface area contributed by atoms with Gasteiger partial charge < -0.3 is 9.84 Å². The van der Waals surface area contributed by atoms with Crippen LogP contribution in [-0.4, -0.2) is 12.2 Å². The molecule has 0 radical (unpaired) electrons. The number of benzene rings is 2. The second kappa shape index (κ2) is 4.55. The van der Waals surface area contributed by atoms with Crippen LogP contribution in [0.25, 0.3) is 0 Å². The summed E-state index contributed by atoms with van der Waals surface area (Å²) < 4.78 is 19.3. The van der Waals surface area contributed by atoms with Gasteiger partial charge >= 0.3 is 0 Å². The van der Waals surface area contributed by atoms with Crippen LogP contribution in [0.4, 0.5) is 4.39 Å². The zero-order valence-corrected chi connectivity index (χ0v) is 9.43. The first-order chi connectivity index (χ1) is 8.14. The Balaban J connectivity index is 2.37. The van der Waals surface area contributed by atoms with Gasteiger partial charge in [0.05, 0.1) is 7.11 Å². The average molecular weight is 232 g/mol. The lowest BCUT2D eigenvalue weighted by Gasteiger charge is -2.19. The second-order valence-electron chi connectivity index (χ2n) is 3.72. The van der Waals surface area contributed by atoms with E-state index in [-0.39, 0.29) is 11.1 Å². The summed E-state index contributed by atoms with van der Waals surface area (Å²) in [5, 5.41) is 9.91. The molecule has 0 aromatic heterocycles. The molecule has 0 saturated carbocycles. The van der Waals surface area contributed by atoms with Crippen molar-refractivity contribution in [3.8, 4) is 5.75 Å². The van der Waals surface area contributed by atoms with Crippen molar-refractivity contribution in [2.24, 2.45) is 0 Å². The van der Waals surface area contributed by atoms with Gasteiger partial charge in [-0.05, 0) is 24.3 Å². The van der Waals surface area contributed by atoms with E-state index in [1.807, 2.05) is 0 Å². The van der Waals surface area contributed by atoms with Crippen LogP contribution in [0.15, 0.2) is 54.6 Å². The molecule has 0 bridgehead atoms. The maximum Gasteiger partial charge on any atom is 0.259 e. The Bertz CT molecular complexity index is 477. The van der Waals surface area contributed by atoms with Gasteiger partial charge in [-0.1, -0.05) is 30.3 Å². The van der Waals surface area contributed by atoms with E-state index in [1.54, 1.807) is 42.5 Å². The Morgan fingerprint density at radius 1 is 0.941 bits per heavy atom. The van der Waals surface area contributed by atoms with Gasteiger partial charge in [-0.15, -0.1) is 0 Å². The van der Waals surface area contributed by atoms with Crippen molar-refractivity contribution >= 4 is 0 Å². The predicted octanol–water partition coefficient (Wildman–Crippen LogP) is 2.86. The highest BCUT2D eigenvalue weighted by Gasteiger charge is 2.30. The lowest BCUT2D eigenvalue weighted by atomic mass is 9.99. The molecule has 0 heterocycles. The number of halogens is 1. The normalized spacial score (nSPS) is 14.1. The summed E-state index contributed by atoms with van der Waals surface area (Å²) >= 11 is 0. The van der Waals surface area contributed by atoms with Gasteiger partial charge in [-0.2, -0.15) is 0 Å². The van der Waals surface area contributed by atoms with Crippen molar-refractivity contribution in [1.29, 1.82) is 0 Å². The van der Waals surface area contributed by atoms with Crippen LogP contribution in [0.3, 0.4) is 0 Å². The summed E-state index contributed by atoms with van der Waals surface area (Å²) in [6.45, 7) is 0. The zero-order chi connectivity index (χ0) is 12.3. The Morgan fingerprint density at radius 3 is 2.00 bits per heavy atom. The van der Waals surface area contributed by atoms with Crippen molar-refractivity contribution < 1.29 is 14.2 Å². The molecule has 0 amide bonds. The van der Waals surface area contributed by atoms with Gasteiger partial charge in [0.25, 0.3) is 5.85 Å². The highest BCUT2D eigenvalue weighted by atomic mass is 19.2. The van der Waals surface area contributed by atoms with Gasteiger partial charge in [0, 0.05) is 11.1 Å². The van der Waals surface area contributed by atoms with Crippen molar-refractivity contribution in [2.75, 3.05) is 7.11 Å². The number of rotatable bonds is 3. The van der Waals surface area contributed by atoms with Crippen molar-refractivity contribution in [2.45, 2.75) is 5.85 Å². The number of ether oxygens (including phenoxy) is 1. The van der Waals surface area contributed by atoms with Gasteiger partial charge in [-0.3, -0.25) is 0 Å². The topological polar surface area (TPSA) is 29.5 Å². The maximum atomic E-state index is 14.3. The third kappa shape index (κ3) is 2.29. The molecule has 2 aromatic carbocycles. The minimum Gasteiger partial charge on any atom is -0.497 e. The van der Waals surface area contributed by atoms with Crippen LogP contribution in [0.5, 0.6) is 5.75 Å². The Morgan fingerprint density at radius 2 is 1.47 bits per heavy atom. The lowest BCUT2D eigenvalue weighted by Crippen LogP contribution is -2.20. The van der Waals surface area contributed by atoms with Gasteiger partial charge in [0.2, 0.25) is 0 Å². The minimum absolute atomic E-state index is 0.185. The van der Waals surface area contributed by atoms with E-state index < -0.39 is 5.85 Å². The molecule has 0 aliphatic rings. The van der Waals surface area contributed by atoms with Crippen LogP contribution in [0.1, 0.15) is 11.1 Å². The molecule has 0 saturated heterocycles. The Labute approximate surface area is 99.3 Å². The highest BCUT2D eigenvalue weighted by molar-refractivity contribution is 5.36. The van der Waals surface area contributed by atoms with E-state index in [9.17, 15) is 9.50 Å². The predicted molar refractivity (Wildman–Crippen MR) is 63.5 cm³/mol. The number of methoxy groups -OCH3 is 1. The first-order valence-electron chi connectivity index (χ1n) is 5.26. The molecule has 2 aromatic rings. The third-order valence-corrected chi connectivity index (χ3v) is 2.63. The van der Waals surface area contributed by atoms with E-state index >= 15 is 0 Å². The number of aliphatic hydroxyl groups is 1. The standard InChI is InChI=1S/C14H13FO2/c1-17-13-9-7-12(8-10-13)14(15,16)11-5-3-2-4-6-11/h2-10,16H,1H3. The molecule has 1 atom stereocenters. The molecular formula is C14H13FO2. The molecule has 88 valence electrons. The minimum atomic E-state index is -2.48. The summed E-state index contributed by atoms with van der Waals surface area (Å²) in [6.07, 6.45) is 0. The van der Waals surface area contributed by atoms with Gasteiger partial charge in [-0.25, -0.2) is 4.39 Å². The quantitative estimate of drug-likeness (QED) is 0.881. The first kappa shape index (κ1) is 11.6. The van der Waals surface area contributed by atoms with Crippen LogP contribution in [0, 0.1) is 0 Å². The summed E-state index contributed by atoms with van der Waals surface area (Å²) in [5.74, 6) is -1.86. The fourth-order valence-corrected chi connectivity index (χ4v) is 1.64. The molecule has 2 nitrogen and oxygen atoms in total. The number of hydrogen-bond donors (Lipinski definition) is 1. The Hall–Kier alpha value is -1.87. The highest BCUT2D eigenvalue weighted by Crippen LogP contribution is 2.31. The molecule has 1 N–H and O–H groups in total. The average Bonchev–Trinajstić information content (AvgIpc) is 2.40. The van der Waals surface area contributed by atoms with Crippen LogP contribution in [-0.2, 0) is 5.85 Å². The van der Waals surface area contributed by atoms with Crippen molar-refractivity contribution in [3.05, 3.63) is 65.7 Å². The fraction of sp³-hybridized carbons (Fsp3) is 0.143. The fourth-order valence-electron chi connectivity index (χ4n) is 1.64. The van der Waals surface area contributed by atoms with Gasteiger partial charge in [0.1, 0.15) is 5.75 Å². The van der Waals surface area contributed by atoms with E-state index in [2.05, 4.69) is 0 Å². The van der Waals surface area contributed by atoms with Crippen LogP contribution < -0.4 is 4.74 Å². The zero-order valence-electron chi connectivity index (χ0n) is 9.43. The molecule has 1 unspecified atom stereocenters. The first-order valence-corrected chi connectivity index (χ1v) is 5.26. The molecule has 0 aliphatic carbocycles. The van der Waals surface area contributed by atoms with E-state index in [4.69, 9.17) is 4.74 Å². The second-order valence-corrected chi connectivity index (χ2v) is 3.72. The number of hydrogen-bond acceptors (Lipinski definition) is 2. The third-order valence-electron chi connectivity index (χ3n) is 2.63. The largest absolute Gasteiger partial charge is 0.497 e. The van der Waals surface area contributed by atoms with Crippen LogP contribution >= 0.6 is 0 Å². The molecular weight excluding hydrogens is 219 g/mol. The molecule has 3 heteroatoms. The SMILES string of the molecule is COc1ccc(C(O)(F)c2ccccc2)cc1. The molecule has 17 heavy (non-hydrogen) atoms. The molecule has 2 rings (SSSR count). The van der Waals surface area contributed by atoms with Crippen LogP contribution in [0.2, 0.25) is 0 Å². The van der Waals surface area contributed by atoms with E-state index in [0.717, 1.165) is 0 Å². The van der Waals surface area contributed by atoms with Crippen molar-refractivity contribution in [3.63, 3.8) is 0 Å². The van der Waals surface area contributed by atoms with E-state index in [0.29, 0.717) is 5.75 Å². The van der Waals surface area contributed by atoms with Gasteiger partial charge in [0.15, 0.2) is 0 Å². The van der Waals surface area contributed by atoms with E-state index in [1.165, 1.54) is 19.2 Å². The summed E-state index contributed by atoms with van der Waals surface area (Å²) in [4.78, 5) is 0. The smallest absolute Gasteiger partial charge is 0.259 e. The number of alkyl halides is 1.